The molecule has 11 heteroatoms. The molecule has 32 heavy (non-hydrogen) atoms. The third kappa shape index (κ3) is 5.57. The van der Waals surface area contributed by atoms with Gasteiger partial charge in [0.1, 0.15) is 17.7 Å². The Labute approximate surface area is 185 Å². The summed E-state index contributed by atoms with van der Waals surface area (Å²) in [5.74, 6) is -2.68. The summed E-state index contributed by atoms with van der Waals surface area (Å²) in [6.45, 7) is 0.512. The van der Waals surface area contributed by atoms with Crippen molar-refractivity contribution in [2.75, 3.05) is 6.54 Å². The molecule has 3 fully saturated rings. The molecule has 0 unspecified atom stereocenters. The van der Waals surface area contributed by atoms with Crippen LogP contribution in [0.5, 0.6) is 0 Å². The van der Waals surface area contributed by atoms with Gasteiger partial charge in [-0.3, -0.25) is 19.2 Å². The number of nitrogens with one attached hydrogen (secondary N) is 3. The molecule has 3 amide bonds. The molecule has 5 atom stereocenters. The van der Waals surface area contributed by atoms with Crippen LogP contribution in [0, 0.1) is 5.41 Å². The maximum absolute atomic E-state index is 12.8. The minimum atomic E-state index is -2.08. The van der Waals surface area contributed by atoms with E-state index in [2.05, 4.69) is 16.0 Å². The van der Waals surface area contributed by atoms with E-state index in [9.17, 15) is 39.6 Å². The maximum Gasteiger partial charge on any atom is 0.303 e. The fourth-order valence-corrected chi connectivity index (χ4v) is 5.29. The van der Waals surface area contributed by atoms with Crippen LogP contribution in [-0.2, 0) is 19.2 Å². The minimum Gasteiger partial charge on any atom is -0.481 e. The van der Waals surface area contributed by atoms with E-state index < -0.39 is 59.5 Å². The second-order valence-corrected chi connectivity index (χ2v) is 9.59. The van der Waals surface area contributed by atoms with Crippen LogP contribution in [0.15, 0.2) is 0 Å². The van der Waals surface area contributed by atoms with Crippen molar-refractivity contribution in [2.24, 2.45) is 5.41 Å². The highest BCUT2D eigenvalue weighted by molar-refractivity contribution is 5.92. The average Bonchev–Trinajstić information content (AvgIpc) is 3.14. The van der Waals surface area contributed by atoms with Gasteiger partial charge in [0, 0.05) is 25.8 Å². The van der Waals surface area contributed by atoms with E-state index in [0.717, 1.165) is 12.8 Å². The standard InChI is InChI=1S/C21H33N3O8/c25-14-9-21(32,19(31)24-12-4-3-7-22-18(12)30)8-13(17(14)29)23-15(26)10-20(11-16(27)28)5-1-2-6-20/h12-14,17,25,29,32H,1-11H2,(H,22,30)(H,23,26)(H,24,31)(H,27,28)/t12-,13-,14+,17+,21-/m0/s1. The van der Waals surface area contributed by atoms with Crippen molar-refractivity contribution < 1.29 is 39.6 Å². The first-order valence-corrected chi connectivity index (χ1v) is 11.2. The van der Waals surface area contributed by atoms with E-state index in [0.29, 0.717) is 32.2 Å². The number of aliphatic hydroxyl groups is 3. The van der Waals surface area contributed by atoms with Gasteiger partial charge in [0.05, 0.1) is 18.6 Å². The summed E-state index contributed by atoms with van der Waals surface area (Å²) < 4.78 is 0. The molecule has 2 saturated carbocycles. The molecular weight excluding hydrogens is 422 g/mol. The van der Waals surface area contributed by atoms with Crippen LogP contribution in [0.3, 0.4) is 0 Å². The predicted octanol–water partition coefficient (Wildman–Crippen LogP) is -1.46. The Morgan fingerprint density at radius 3 is 2.34 bits per heavy atom. The Bertz CT molecular complexity index is 753. The Morgan fingerprint density at radius 2 is 1.72 bits per heavy atom. The lowest BCUT2D eigenvalue weighted by Crippen LogP contribution is -2.64. The van der Waals surface area contributed by atoms with Crippen molar-refractivity contribution in [3.8, 4) is 0 Å². The lowest BCUT2D eigenvalue weighted by atomic mass is 9.76. The van der Waals surface area contributed by atoms with Crippen molar-refractivity contribution >= 4 is 23.7 Å². The number of hydrogen-bond donors (Lipinski definition) is 7. The van der Waals surface area contributed by atoms with Gasteiger partial charge >= 0.3 is 5.97 Å². The van der Waals surface area contributed by atoms with Gasteiger partial charge in [-0.1, -0.05) is 12.8 Å². The second-order valence-electron chi connectivity index (χ2n) is 9.59. The van der Waals surface area contributed by atoms with Crippen LogP contribution in [0.2, 0.25) is 0 Å². The summed E-state index contributed by atoms with van der Waals surface area (Å²) in [7, 11) is 0. The Hall–Kier alpha value is -2.24. The van der Waals surface area contributed by atoms with Gasteiger partial charge in [0.2, 0.25) is 11.8 Å². The molecule has 0 bridgehead atoms. The van der Waals surface area contributed by atoms with Crippen LogP contribution in [0.25, 0.3) is 0 Å². The lowest BCUT2D eigenvalue weighted by Gasteiger charge is -2.42. The number of aliphatic hydroxyl groups excluding tert-OH is 2. The first kappa shape index (κ1) is 24.4. The maximum atomic E-state index is 12.8. The zero-order valence-corrected chi connectivity index (χ0v) is 18.0. The van der Waals surface area contributed by atoms with Gasteiger partial charge in [-0.15, -0.1) is 0 Å². The second kappa shape index (κ2) is 9.72. The number of carbonyl (C=O) groups excluding carboxylic acids is 3. The van der Waals surface area contributed by atoms with E-state index in [4.69, 9.17) is 0 Å². The molecule has 1 aliphatic heterocycles. The predicted molar refractivity (Wildman–Crippen MR) is 110 cm³/mol. The van der Waals surface area contributed by atoms with Gasteiger partial charge in [-0.05, 0) is 31.1 Å². The van der Waals surface area contributed by atoms with Crippen LogP contribution >= 0.6 is 0 Å². The van der Waals surface area contributed by atoms with Crippen molar-refractivity contribution in [3.05, 3.63) is 0 Å². The Kier molecular flexibility index (Phi) is 7.41. The van der Waals surface area contributed by atoms with E-state index in [1.807, 2.05) is 0 Å². The molecule has 3 rings (SSSR count). The molecule has 180 valence electrons. The van der Waals surface area contributed by atoms with E-state index >= 15 is 0 Å². The summed E-state index contributed by atoms with van der Waals surface area (Å²) in [6, 6.07) is -1.90. The Morgan fingerprint density at radius 1 is 1.03 bits per heavy atom. The number of carboxylic acid groups (broad SMARTS) is 1. The summed E-state index contributed by atoms with van der Waals surface area (Å²) in [4.78, 5) is 48.7. The summed E-state index contributed by atoms with van der Waals surface area (Å²) in [5, 5.41) is 48.5. The molecule has 1 heterocycles. The van der Waals surface area contributed by atoms with Gasteiger partial charge in [-0.2, -0.15) is 0 Å². The van der Waals surface area contributed by atoms with Gasteiger partial charge in [-0.25, -0.2) is 0 Å². The van der Waals surface area contributed by atoms with Crippen LogP contribution in [0.4, 0.5) is 0 Å². The highest BCUT2D eigenvalue weighted by Gasteiger charge is 2.50. The molecule has 7 N–H and O–H groups in total. The van der Waals surface area contributed by atoms with Gasteiger partial charge in [0.25, 0.3) is 5.91 Å². The van der Waals surface area contributed by atoms with Crippen molar-refractivity contribution in [1.82, 2.24) is 16.0 Å². The van der Waals surface area contributed by atoms with E-state index in [1.54, 1.807) is 0 Å². The summed E-state index contributed by atoms with van der Waals surface area (Å²) in [5.41, 5.74) is -2.74. The zero-order valence-electron chi connectivity index (χ0n) is 18.0. The molecule has 3 aliphatic rings. The summed E-state index contributed by atoms with van der Waals surface area (Å²) >= 11 is 0. The highest BCUT2D eigenvalue weighted by atomic mass is 16.4. The van der Waals surface area contributed by atoms with E-state index in [1.165, 1.54) is 0 Å². The number of hydrogen-bond acceptors (Lipinski definition) is 7. The quantitative estimate of drug-likeness (QED) is 0.243. The first-order chi connectivity index (χ1) is 15.0. The van der Waals surface area contributed by atoms with Crippen molar-refractivity contribution in [1.29, 1.82) is 0 Å². The van der Waals surface area contributed by atoms with E-state index in [-0.39, 0.29) is 25.2 Å². The highest BCUT2D eigenvalue weighted by Crippen LogP contribution is 2.44. The molecular formula is C21H33N3O8. The largest absolute Gasteiger partial charge is 0.481 e. The number of carbonyl (C=O) groups is 4. The number of carboxylic acids is 1. The van der Waals surface area contributed by atoms with Gasteiger partial charge < -0.3 is 36.4 Å². The van der Waals surface area contributed by atoms with Crippen LogP contribution in [0.1, 0.15) is 64.2 Å². The molecule has 2 aliphatic carbocycles. The minimum absolute atomic E-state index is 0.0501. The number of piperidine rings is 1. The smallest absolute Gasteiger partial charge is 0.303 e. The molecule has 0 aromatic carbocycles. The van der Waals surface area contributed by atoms with Crippen molar-refractivity contribution in [2.45, 2.75) is 94.1 Å². The SMILES string of the molecule is O=C(O)CC1(CC(=O)N[C@H]2C[C@@](O)(C(=O)N[C@H]3CCCNC3=O)C[C@@H](O)[C@@H]2O)CCCC1. The zero-order chi connectivity index (χ0) is 23.5. The number of amides is 3. The molecule has 1 saturated heterocycles. The van der Waals surface area contributed by atoms with Gasteiger partial charge in [0.15, 0.2) is 0 Å². The molecule has 0 aromatic heterocycles. The lowest BCUT2D eigenvalue weighted by molar-refractivity contribution is -0.161. The third-order valence-corrected chi connectivity index (χ3v) is 7.00. The van der Waals surface area contributed by atoms with Crippen LogP contribution < -0.4 is 16.0 Å². The third-order valence-electron chi connectivity index (χ3n) is 7.00. The fourth-order valence-electron chi connectivity index (χ4n) is 5.29. The Balaban J connectivity index is 1.65. The topological polar surface area (TPSA) is 185 Å². The van der Waals surface area contributed by atoms with Crippen molar-refractivity contribution in [3.63, 3.8) is 0 Å². The number of aliphatic carboxylic acids is 1. The first-order valence-electron chi connectivity index (χ1n) is 11.2. The summed E-state index contributed by atoms with van der Waals surface area (Å²) in [6.07, 6.45) is 0.146. The van der Waals surface area contributed by atoms with Crippen LogP contribution in [-0.4, -0.2) is 80.6 Å². The molecule has 0 radical (unpaired) electrons. The molecule has 0 aromatic rings. The normalized spacial score (nSPS) is 34.4. The molecule has 0 spiro atoms. The fraction of sp³-hybridized carbons (Fsp3) is 0.810. The average molecular weight is 456 g/mol. The monoisotopic (exact) mass is 455 g/mol. The number of rotatable bonds is 7. The molecule has 11 nitrogen and oxygen atoms in total.